The van der Waals surface area contributed by atoms with Gasteiger partial charge in [-0.1, -0.05) is 20.8 Å². The van der Waals surface area contributed by atoms with Gasteiger partial charge in [0, 0.05) is 0 Å². The minimum absolute atomic E-state index is 0.251. The number of methoxy groups -OCH3 is 1. The number of benzene rings is 2. The van der Waals surface area contributed by atoms with Crippen LogP contribution >= 0.6 is 0 Å². The normalized spacial score (nSPS) is 13.3. The number of sulfonamides is 1. The summed E-state index contributed by atoms with van der Waals surface area (Å²) in [5.41, 5.74) is 3.44. The highest BCUT2D eigenvalue weighted by Gasteiger charge is 2.32. The molecule has 1 amide bonds. The molecule has 0 aliphatic carbocycles. The van der Waals surface area contributed by atoms with Crippen molar-refractivity contribution in [3.8, 4) is 11.5 Å². The van der Waals surface area contributed by atoms with Gasteiger partial charge >= 0.3 is 0 Å². The average Bonchev–Trinajstić information content (AvgIpc) is 2.76. The molecule has 0 unspecified atom stereocenters. The Morgan fingerprint density at radius 1 is 1.06 bits per heavy atom. The fourth-order valence-electron chi connectivity index (χ4n) is 4.11. The predicted octanol–water partition coefficient (Wildman–Crippen LogP) is 4.95. The molecule has 0 aliphatic heterocycles. The van der Waals surface area contributed by atoms with E-state index in [1.54, 1.807) is 38.3 Å². The van der Waals surface area contributed by atoms with Crippen LogP contribution in [-0.2, 0) is 14.8 Å². The highest BCUT2D eigenvalue weighted by molar-refractivity contribution is 7.92. The Bertz CT molecular complexity index is 1080. The molecule has 0 bridgehead atoms. The molecule has 0 radical (unpaired) electrons. The quantitative estimate of drug-likeness (QED) is 0.482. The van der Waals surface area contributed by atoms with Crippen molar-refractivity contribution in [2.45, 2.75) is 66.0 Å². The van der Waals surface area contributed by atoms with Gasteiger partial charge in [0.05, 0.1) is 31.7 Å². The van der Waals surface area contributed by atoms with E-state index in [0.29, 0.717) is 24.5 Å². The molecule has 0 saturated heterocycles. The minimum Gasteiger partial charge on any atom is -0.496 e. The Morgan fingerprint density at radius 2 is 1.68 bits per heavy atom. The summed E-state index contributed by atoms with van der Waals surface area (Å²) >= 11 is 0. The van der Waals surface area contributed by atoms with E-state index in [-0.39, 0.29) is 17.9 Å². The average molecular weight is 491 g/mol. The lowest BCUT2D eigenvalue weighted by molar-refractivity contribution is -0.122. The van der Waals surface area contributed by atoms with Crippen LogP contribution in [-0.4, -0.2) is 40.3 Å². The number of ether oxygens (including phenoxy) is 2. The molecule has 2 aromatic rings. The summed E-state index contributed by atoms with van der Waals surface area (Å²) in [4.78, 5) is 13.4. The Labute approximate surface area is 204 Å². The Morgan fingerprint density at radius 3 is 2.15 bits per heavy atom. The van der Waals surface area contributed by atoms with Gasteiger partial charge in [-0.05, 0) is 86.2 Å². The number of nitrogens with one attached hydrogen (secondary N) is 1. The van der Waals surface area contributed by atoms with Gasteiger partial charge in [-0.25, -0.2) is 8.42 Å². The molecule has 0 aromatic heterocycles. The Balaban J connectivity index is 2.37. The highest BCUT2D eigenvalue weighted by atomic mass is 32.2. The van der Waals surface area contributed by atoms with Crippen LogP contribution in [0.2, 0.25) is 0 Å². The lowest BCUT2D eigenvalue weighted by atomic mass is 9.93. The summed E-state index contributed by atoms with van der Waals surface area (Å²) in [6.45, 7) is 12.3. The third kappa shape index (κ3) is 6.44. The zero-order chi connectivity index (χ0) is 25.6. The van der Waals surface area contributed by atoms with Crippen molar-refractivity contribution in [2.24, 2.45) is 0 Å². The number of carbonyl (C=O) groups excluding carboxylic acids is 1. The molecule has 188 valence electrons. The van der Waals surface area contributed by atoms with Crippen LogP contribution in [0.5, 0.6) is 11.5 Å². The van der Waals surface area contributed by atoms with Crippen LogP contribution in [0.4, 0.5) is 5.69 Å². The molecular weight excluding hydrogens is 452 g/mol. The highest BCUT2D eigenvalue weighted by Crippen LogP contribution is 2.32. The zero-order valence-corrected chi connectivity index (χ0v) is 22.3. The van der Waals surface area contributed by atoms with Crippen LogP contribution < -0.4 is 19.1 Å². The standard InChI is InChI=1S/C26H38N2O5S/c1-9-24(28(34(8,30)31)20-11-13-21(14-12-20)33-10-2)26(29)27-19(6)23-16-22(17(3)4)25(32-7)15-18(23)5/h11-17,19,24H,9-10H2,1-8H3,(H,27,29)/t19-,24+/m1/s1. The molecule has 34 heavy (non-hydrogen) atoms. The number of carbonyl (C=O) groups is 1. The number of amides is 1. The van der Waals surface area contributed by atoms with Crippen LogP contribution in [0.25, 0.3) is 0 Å². The fraction of sp³-hybridized carbons (Fsp3) is 0.500. The number of rotatable bonds is 11. The van der Waals surface area contributed by atoms with E-state index < -0.39 is 16.1 Å². The van der Waals surface area contributed by atoms with E-state index in [4.69, 9.17) is 9.47 Å². The van der Waals surface area contributed by atoms with Crippen LogP contribution in [0.15, 0.2) is 36.4 Å². The number of hydrogen-bond donors (Lipinski definition) is 1. The Hall–Kier alpha value is -2.74. The van der Waals surface area contributed by atoms with Crippen molar-refractivity contribution in [1.82, 2.24) is 5.32 Å². The number of hydrogen-bond acceptors (Lipinski definition) is 5. The molecule has 0 heterocycles. The van der Waals surface area contributed by atoms with Gasteiger partial charge in [0.2, 0.25) is 15.9 Å². The van der Waals surface area contributed by atoms with Gasteiger partial charge in [-0.2, -0.15) is 0 Å². The molecular formula is C26H38N2O5S. The van der Waals surface area contributed by atoms with Gasteiger partial charge in [0.1, 0.15) is 17.5 Å². The second-order valence-corrected chi connectivity index (χ2v) is 10.6. The molecule has 2 aromatic carbocycles. The second kappa shape index (κ2) is 11.6. The van der Waals surface area contributed by atoms with Crippen LogP contribution in [0, 0.1) is 6.92 Å². The first-order chi connectivity index (χ1) is 15.9. The van der Waals surface area contributed by atoms with Crippen molar-refractivity contribution in [3.63, 3.8) is 0 Å². The summed E-state index contributed by atoms with van der Waals surface area (Å²) in [6, 6.07) is 9.57. The van der Waals surface area contributed by atoms with E-state index in [1.165, 1.54) is 4.31 Å². The Kier molecular flexibility index (Phi) is 9.38. The molecule has 0 saturated carbocycles. The van der Waals surface area contributed by atoms with Crippen molar-refractivity contribution < 1.29 is 22.7 Å². The summed E-state index contributed by atoms with van der Waals surface area (Å²) in [5, 5.41) is 3.04. The summed E-state index contributed by atoms with van der Waals surface area (Å²) in [5.74, 6) is 1.36. The van der Waals surface area contributed by atoms with Gasteiger partial charge in [-0.15, -0.1) is 0 Å². The maximum Gasteiger partial charge on any atom is 0.244 e. The first-order valence-corrected chi connectivity index (χ1v) is 13.5. The van der Waals surface area contributed by atoms with Gasteiger partial charge in [0.15, 0.2) is 0 Å². The maximum absolute atomic E-state index is 13.4. The lowest BCUT2D eigenvalue weighted by Crippen LogP contribution is -2.49. The van der Waals surface area contributed by atoms with E-state index in [2.05, 4.69) is 25.2 Å². The minimum atomic E-state index is -3.72. The smallest absolute Gasteiger partial charge is 0.244 e. The van der Waals surface area contributed by atoms with Crippen molar-refractivity contribution >= 4 is 21.6 Å². The topological polar surface area (TPSA) is 84.9 Å². The summed E-state index contributed by atoms with van der Waals surface area (Å²) in [7, 11) is -2.07. The number of aryl methyl sites for hydroxylation is 1. The molecule has 0 fully saturated rings. The van der Waals surface area contributed by atoms with Gasteiger partial charge in [-0.3, -0.25) is 9.10 Å². The number of nitrogens with zero attached hydrogens (tertiary/aromatic N) is 1. The number of anilines is 1. The van der Waals surface area contributed by atoms with E-state index >= 15 is 0 Å². The van der Waals surface area contributed by atoms with E-state index in [1.807, 2.05) is 26.8 Å². The first kappa shape index (κ1) is 27.5. The van der Waals surface area contributed by atoms with Crippen molar-refractivity contribution in [3.05, 3.63) is 53.1 Å². The van der Waals surface area contributed by atoms with E-state index in [9.17, 15) is 13.2 Å². The fourth-order valence-corrected chi connectivity index (χ4v) is 5.33. The molecule has 7 nitrogen and oxygen atoms in total. The molecule has 2 rings (SSSR count). The van der Waals surface area contributed by atoms with Gasteiger partial charge in [0.25, 0.3) is 0 Å². The lowest BCUT2D eigenvalue weighted by Gasteiger charge is -2.31. The monoisotopic (exact) mass is 490 g/mol. The van der Waals surface area contributed by atoms with E-state index in [0.717, 1.165) is 28.7 Å². The summed E-state index contributed by atoms with van der Waals surface area (Å²) < 4.78 is 37.7. The van der Waals surface area contributed by atoms with Gasteiger partial charge < -0.3 is 14.8 Å². The molecule has 0 aliphatic rings. The second-order valence-electron chi connectivity index (χ2n) is 8.75. The zero-order valence-electron chi connectivity index (χ0n) is 21.5. The first-order valence-electron chi connectivity index (χ1n) is 11.7. The maximum atomic E-state index is 13.4. The molecule has 8 heteroatoms. The largest absolute Gasteiger partial charge is 0.496 e. The van der Waals surface area contributed by atoms with Crippen LogP contribution in [0.3, 0.4) is 0 Å². The van der Waals surface area contributed by atoms with Crippen molar-refractivity contribution in [1.29, 1.82) is 0 Å². The molecule has 2 atom stereocenters. The molecule has 0 spiro atoms. The summed E-state index contributed by atoms with van der Waals surface area (Å²) in [6.07, 6.45) is 1.43. The van der Waals surface area contributed by atoms with Crippen LogP contribution in [0.1, 0.15) is 69.7 Å². The van der Waals surface area contributed by atoms with Crippen molar-refractivity contribution in [2.75, 3.05) is 24.3 Å². The third-order valence-corrected chi connectivity index (χ3v) is 6.98. The SMILES string of the molecule is CCOc1ccc(N([C@@H](CC)C(=O)N[C@H](C)c2cc(C(C)C)c(OC)cc2C)S(C)(=O)=O)cc1. The predicted molar refractivity (Wildman–Crippen MR) is 137 cm³/mol. The third-order valence-electron chi connectivity index (χ3n) is 5.80. The molecule has 1 N–H and O–H groups in total.